The van der Waals surface area contributed by atoms with Crippen LogP contribution in [0, 0.1) is 5.92 Å². The molecule has 3 heteroatoms. The van der Waals surface area contributed by atoms with Gasteiger partial charge >= 0.3 is 0 Å². The molecule has 0 saturated carbocycles. The predicted molar refractivity (Wildman–Crippen MR) is 83.6 cm³/mol. The molecule has 1 atom stereocenters. The van der Waals surface area contributed by atoms with Crippen LogP contribution in [0.2, 0.25) is 5.02 Å². The Kier molecular flexibility index (Phi) is 4.06. The average Bonchev–Trinajstić information content (AvgIpc) is 2.90. The third kappa shape index (κ3) is 2.73. The third-order valence-electron chi connectivity index (χ3n) is 4.26. The maximum Gasteiger partial charge on any atom is 0.0438 e. The van der Waals surface area contributed by atoms with Crippen LogP contribution in [0.4, 0.5) is 0 Å². The van der Waals surface area contributed by atoms with Gasteiger partial charge in [-0.15, -0.1) is 0 Å². The van der Waals surface area contributed by atoms with E-state index in [-0.39, 0.29) is 6.04 Å². The summed E-state index contributed by atoms with van der Waals surface area (Å²) in [4.78, 5) is 0. The second kappa shape index (κ2) is 5.96. The van der Waals surface area contributed by atoms with Crippen LogP contribution in [0.1, 0.15) is 16.7 Å². The highest BCUT2D eigenvalue weighted by atomic mass is 35.5. The molecule has 104 valence electrons. The topological polar surface area (TPSA) is 38.0 Å². The highest BCUT2D eigenvalue weighted by molar-refractivity contribution is 6.31. The molecule has 2 aromatic rings. The number of nitrogens with two attached hydrogens (primary N) is 1. The first-order valence-corrected chi connectivity index (χ1v) is 7.42. The fourth-order valence-electron chi connectivity index (χ4n) is 3.14. The van der Waals surface area contributed by atoms with E-state index >= 15 is 0 Å². The minimum absolute atomic E-state index is 0.252. The van der Waals surface area contributed by atoms with E-state index in [4.69, 9.17) is 17.4 Å². The summed E-state index contributed by atoms with van der Waals surface area (Å²) in [5.74, 6) is 6.33. The maximum atomic E-state index is 6.25. The summed E-state index contributed by atoms with van der Waals surface area (Å²) >= 11 is 6.25. The number of nitrogens with one attached hydrogen (secondary N) is 1. The smallest absolute Gasteiger partial charge is 0.0438 e. The molecule has 0 bridgehead atoms. The van der Waals surface area contributed by atoms with Crippen molar-refractivity contribution in [3.8, 4) is 0 Å². The minimum atomic E-state index is 0.252. The van der Waals surface area contributed by atoms with Crippen LogP contribution in [0.3, 0.4) is 0 Å². The first-order valence-electron chi connectivity index (χ1n) is 7.04. The van der Waals surface area contributed by atoms with Gasteiger partial charge in [0.1, 0.15) is 0 Å². The number of benzene rings is 2. The molecule has 3 N–H and O–H groups in total. The molecular formula is C17H19ClN2. The van der Waals surface area contributed by atoms with Gasteiger partial charge < -0.3 is 0 Å². The molecule has 0 spiro atoms. The summed E-state index contributed by atoms with van der Waals surface area (Å²) in [6.07, 6.45) is 3.06. The summed E-state index contributed by atoms with van der Waals surface area (Å²) in [6.45, 7) is 0. The molecule has 1 aliphatic carbocycles. The average molecular weight is 287 g/mol. The Morgan fingerprint density at radius 1 is 1.05 bits per heavy atom. The lowest BCUT2D eigenvalue weighted by Gasteiger charge is -2.23. The quantitative estimate of drug-likeness (QED) is 0.669. The molecule has 0 amide bonds. The zero-order valence-corrected chi connectivity index (χ0v) is 12.1. The monoisotopic (exact) mass is 286 g/mol. The van der Waals surface area contributed by atoms with Gasteiger partial charge in [0.05, 0.1) is 0 Å². The van der Waals surface area contributed by atoms with Crippen LogP contribution in [0.15, 0.2) is 48.5 Å². The maximum absolute atomic E-state index is 6.25. The van der Waals surface area contributed by atoms with Gasteiger partial charge in [0.15, 0.2) is 0 Å². The number of fused-ring (bicyclic) bond motifs is 1. The highest BCUT2D eigenvalue weighted by Gasteiger charge is 2.28. The van der Waals surface area contributed by atoms with Crippen LogP contribution in [-0.2, 0) is 19.3 Å². The van der Waals surface area contributed by atoms with E-state index in [1.165, 1.54) is 11.1 Å². The normalized spacial score (nSPS) is 16.1. The molecular weight excluding hydrogens is 268 g/mol. The number of hydrazine groups is 1. The summed E-state index contributed by atoms with van der Waals surface area (Å²) in [7, 11) is 0. The highest BCUT2D eigenvalue weighted by Crippen LogP contribution is 2.30. The Bertz CT molecular complexity index is 572. The van der Waals surface area contributed by atoms with E-state index in [2.05, 4.69) is 35.8 Å². The van der Waals surface area contributed by atoms with Crippen LogP contribution < -0.4 is 11.3 Å². The Labute approximate surface area is 124 Å². The summed E-state index contributed by atoms with van der Waals surface area (Å²) < 4.78 is 0. The van der Waals surface area contributed by atoms with E-state index in [1.807, 2.05) is 18.2 Å². The molecule has 0 heterocycles. The summed E-state index contributed by atoms with van der Waals surface area (Å²) in [5, 5.41) is 0.822. The zero-order chi connectivity index (χ0) is 13.9. The van der Waals surface area contributed by atoms with Crippen molar-refractivity contribution in [3.63, 3.8) is 0 Å². The molecule has 3 rings (SSSR count). The van der Waals surface area contributed by atoms with Crippen molar-refractivity contribution in [1.82, 2.24) is 5.43 Å². The lowest BCUT2D eigenvalue weighted by atomic mass is 9.91. The van der Waals surface area contributed by atoms with Crippen LogP contribution >= 0.6 is 11.6 Å². The second-order valence-corrected chi connectivity index (χ2v) is 5.91. The van der Waals surface area contributed by atoms with E-state index in [0.717, 1.165) is 29.8 Å². The molecule has 0 saturated heterocycles. The number of rotatable bonds is 4. The van der Waals surface area contributed by atoms with Crippen molar-refractivity contribution in [2.75, 3.05) is 0 Å². The number of halogens is 1. The molecule has 0 radical (unpaired) electrons. The summed E-state index contributed by atoms with van der Waals surface area (Å²) in [6, 6.07) is 16.9. The molecule has 0 aliphatic heterocycles. The number of hydrogen-bond acceptors (Lipinski definition) is 2. The molecule has 1 unspecified atom stereocenters. The molecule has 0 aromatic heterocycles. The first-order chi connectivity index (χ1) is 9.78. The Morgan fingerprint density at radius 2 is 1.65 bits per heavy atom. The molecule has 2 nitrogen and oxygen atoms in total. The van der Waals surface area contributed by atoms with E-state index in [0.29, 0.717) is 5.92 Å². The molecule has 20 heavy (non-hydrogen) atoms. The van der Waals surface area contributed by atoms with Gasteiger partial charge in [-0.2, -0.15) is 0 Å². The zero-order valence-electron chi connectivity index (χ0n) is 11.4. The lowest BCUT2D eigenvalue weighted by Crippen LogP contribution is -2.43. The Balaban J connectivity index is 1.74. The van der Waals surface area contributed by atoms with Gasteiger partial charge in [0.25, 0.3) is 0 Å². The van der Waals surface area contributed by atoms with Crippen LogP contribution in [0.5, 0.6) is 0 Å². The van der Waals surface area contributed by atoms with Gasteiger partial charge in [-0.1, -0.05) is 54.1 Å². The standard InChI is InChI=1S/C17H19ClN2/c18-16-8-4-3-7-14(16)11-17(20-19)15-9-12-5-1-2-6-13(12)10-15/h1-8,15,17,20H,9-11,19H2. The molecule has 1 aliphatic rings. The Hall–Kier alpha value is -1.35. The summed E-state index contributed by atoms with van der Waals surface area (Å²) in [5.41, 5.74) is 7.07. The van der Waals surface area contributed by atoms with Crippen LogP contribution in [-0.4, -0.2) is 6.04 Å². The van der Waals surface area contributed by atoms with Gasteiger partial charge in [0.2, 0.25) is 0 Å². The van der Waals surface area contributed by atoms with E-state index in [9.17, 15) is 0 Å². The molecule has 2 aromatic carbocycles. The first kappa shape index (κ1) is 13.6. The minimum Gasteiger partial charge on any atom is -0.271 e. The van der Waals surface area contributed by atoms with Gasteiger partial charge in [-0.3, -0.25) is 11.3 Å². The van der Waals surface area contributed by atoms with Crippen molar-refractivity contribution in [2.24, 2.45) is 11.8 Å². The second-order valence-electron chi connectivity index (χ2n) is 5.51. The van der Waals surface area contributed by atoms with Gasteiger partial charge in [-0.25, -0.2) is 0 Å². The molecule has 0 fully saturated rings. The fraction of sp³-hybridized carbons (Fsp3) is 0.294. The third-order valence-corrected chi connectivity index (χ3v) is 4.63. The van der Waals surface area contributed by atoms with E-state index in [1.54, 1.807) is 0 Å². The fourth-order valence-corrected chi connectivity index (χ4v) is 3.35. The van der Waals surface area contributed by atoms with Gasteiger partial charge in [0, 0.05) is 11.1 Å². The van der Waals surface area contributed by atoms with Crippen molar-refractivity contribution >= 4 is 11.6 Å². The predicted octanol–water partition coefficient (Wildman–Crippen LogP) is 3.13. The number of hydrogen-bond donors (Lipinski definition) is 2. The van der Waals surface area contributed by atoms with Crippen molar-refractivity contribution in [1.29, 1.82) is 0 Å². The van der Waals surface area contributed by atoms with Gasteiger partial charge in [-0.05, 0) is 47.9 Å². The SMILES string of the molecule is NNC(Cc1ccccc1Cl)C1Cc2ccccc2C1. The van der Waals surface area contributed by atoms with E-state index < -0.39 is 0 Å². The van der Waals surface area contributed by atoms with Crippen molar-refractivity contribution in [2.45, 2.75) is 25.3 Å². The van der Waals surface area contributed by atoms with Crippen molar-refractivity contribution in [3.05, 3.63) is 70.2 Å². The lowest BCUT2D eigenvalue weighted by molar-refractivity contribution is 0.367. The Morgan fingerprint density at radius 3 is 2.25 bits per heavy atom. The van der Waals surface area contributed by atoms with Crippen molar-refractivity contribution < 1.29 is 0 Å². The van der Waals surface area contributed by atoms with Crippen LogP contribution in [0.25, 0.3) is 0 Å². The largest absolute Gasteiger partial charge is 0.271 e.